The van der Waals surface area contributed by atoms with Crippen LogP contribution in [0.4, 0.5) is 4.79 Å². The van der Waals surface area contributed by atoms with Crippen molar-refractivity contribution in [2.45, 2.75) is 51.0 Å². The molecule has 1 spiro atoms. The average molecular weight is 270 g/mol. The lowest BCUT2D eigenvalue weighted by Gasteiger charge is -2.20. The van der Waals surface area contributed by atoms with Gasteiger partial charge in [0.05, 0.1) is 0 Å². The Labute approximate surface area is 114 Å². The van der Waals surface area contributed by atoms with Crippen LogP contribution in [-0.2, 0) is 4.79 Å². The highest BCUT2D eigenvalue weighted by molar-refractivity contribution is 7.80. The third-order valence-corrected chi connectivity index (χ3v) is 4.43. The first-order valence-electron chi connectivity index (χ1n) is 6.84. The minimum absolute atomic E-state index is 0.00285. The first-order valence-corrected chi connectivity index (χ1v) is 7.47. The van der Waals surface area contributed by atoms with E-state index < -0.39 is 5.54 Å². The fraction of sp³-hybridized carbons (Fsp3) is 0.846. The van der Waals surface area contributed by atoms with Gasteiger partial charge in [-0.25, -0.2) is 4.79 Å². The molecule has 2 rings (SSSR count). The molecule has 18 heavy (non-hydrogen) atoms. The van der Waals surface area contributed by atoms with Gasteiger partial charge in [-0.05, 0) is 37.4 Å². The summed E-state index contributed by atoms with van der Waals surface area (Å²) in [5.74, 6) is 1.36. The average Bonchev–Trinajstić information content (AvgIpc) is 2.86. The second-order valence-electron chi connectivity index (χ2n) is 5.58. The summed E-state index contributed by atoms with van der Waals surface area (Å²) in [7, 11) is 0. The molecule has 2 aliphatic rings. The van der Waals surface area contributed by atoms with Gasteiger partial charge in [-0.3, -0.25) is 9.69 Å². The Morgan fingerprint density at radius 1 is 1.33 bits per heavy atom. The number of hydrogen-bond acceptors (Lipinski definition) is 3. The Hall–Kier alpha value is -0.710. The van der Waals surface area contributed by atoms with E-state index in [2.05, 4.69) is 24.9 Å². The molecule has 1 saturated carbocycles. The molecule has 0 aromatic carbocycles. The van der Waals surface area contributed by atoms with E-state index in [9.17, 15) is 9.59 Å². The van der Waals surface area contributed by atoms with Crippen molar-refractivity contribution in [2.75, 3.05) is 12.3 Å². The Balaban J connectivity index is 1.93. The van der Waals surface area contributed by atoms with E-state index in [1.165, 1.54) is 4.90 Å². The Morgan fingerprint density at radius 3 is 2.61 bits per heavy atom. The van der Waals surface area contributed by atoms with E-state index in [1.54, 1.807) is 0 Å². The first-order chi connectivity index (χ1) is 8.59. The minimum atomic E-state index is -0.552. The third kappa shape index (κ3) is 2.51. The van der Waals surface area contributed by atoms with Crippen LogP contribution in [0.15, 0.2) is 0 Å². The van der Waals surface area contributed by atoms with Crippen LogP contribution in [0.3, 0.4) is 0 Å². The van der Waals surface area contributed by atoms with E-state index in [0.29, 0.717) is 12.5 Å². The number of thiol groups is 1. The smallest absolute Gasteiger partial charge is 0.323 e. The van der Waals surface area contributed by atoms with Crippen molar-refractivity contribution in [3.8, 4) is 0 Å². The summed E-state index contributed by atoms with van der Waals surface area (Å²) in [6, 6.07) is -0.194. The predicted octanol–water partition coefficient (Wildman–Crippen LogP) is 2.20. The van der Waals surface area contributed by atoms with Gasteiger partial charge in [-0.15, -0.1) is 0 Å². The van der Waals surface area contributed by atoms with Crippen LogP contribution in [0.2, 0.25) is 0 Å². The van der Waals surface area contributed by atoms with Crippen LogP contribution in [0.25, 0.3) is 0 Å². The standard InChI is InChI=1S/C13H22N2O2S/c1-10(5-9-18)4-8-15-11(16)13(14-12(15)17)6-2-3-7-13/h10,18H,2-9H2,1H3,(H,14,17). The molecule has 4 nitrogen and oxygen atoms in total. The van der Waals surface area contributed by atoms with E-state index in [-0.39, 0.29) is 11.9 Å². The molecule has 1 unspecified atom stereocenters. The number of nitrogens with one attached hydrogen (secondary N) is 1. The highest BCUT2D eigenvalue weighted by atomic mass is 32.1. The Kier molecular flexibility index (Phi) is 4.20. The SMILES string of the molecule is CC(CCS)CCN1C(=O)NC2(CCCC2)C1=O. The quantitative estimate of drug-likeness (QED) is 0.594. The van der Waals surface area contributed by atoms with E-state index >= 15 is 0 Å². The normalized spacial score (nSPS) is 23.8. The number of carbonyl (C=O) groups is 2. The van der Waals surface area contributed by atoms with Crippen LogP contribution in [0.5, 0.6) is 0 Å². The van der Waals surface area contributed by atoms with E-state index in [1.807, 2.05) is 0 Å². The number of amides is 3. The van der Waals surface area contributed by atoms with Gasteiger partial charge in [-0.2, -0.15) is 12.6 Å². The second-order valence-corrected chi connectivity index (χ2v) is 6.03. The molecule has 1 atom stereocenters. The summed E-state index contributed by atoms with van der Waals surface area (Å²) in [5.41, 5.74) is -0.552. The summed E-state index contributed by atoms with van der Waals surface area (Å²) in [5, 5.41) is 2.91. The van der Waals surface area contributed by atoms with Crippen molar-refractivity contribution < 1.29 is 9.59 Å². The van der Waals surface area contributed by atoms with Gasteiger partial charge in [0.25, 0.3) is 5.91 Å². The highest BCUT2D eigenvalue weighted by Crippen LogP contribution is 2.35. The van der Waals surface area contributed by atoms with Crippen molar-refractivity contribution in [3.63, 3.8) is 0 Å². The number of rotatable bonds is 5. The molecule has 1 saturated heterocycles. The number of hydrogen-bond donors (Lipinski definition) is 2. The summed E-state index contributed by atoms with van der Waals surface area (Å²) in [6.07, 6.45) is 5.58. The van der Waals surface area contributed by atoms with Crippen LogP contribution in [0, 0.1) is 5.92 Å². The molecule has 0 radical (unpaired) electrons. The van der Waals surface area contributed by atoms with Crippen molar-refractivity contribution in [3.05, 3.63) is 0 Å². The van der Waals surface area contributed by atoms with Crippen LogP contribution in [0.1, 0.15) is 45.4 Å². The predicted molar refractivity (Wildman–Crippen MR) is 73.7 cm³/mol. The maximum Gasteiger partial charge on any atom is 0.325 e. The molecule has 0 aromatic rings. The van der Waals surface area contributed by atoms with Gasteiger partial charge < -0.3 is 5.32 Å². The lowest BCUT2D eigenvalue weighted by molar-refractivity contribution is -0.131. The minimum Gasteiger partial charge on any atom is -0.323 e. The molecular weight excluding hydrogens is 248 g/mol. The topological polar surface area (TPSA) is 49.4 Å². The molecule has 1 heterocycles. The van der Waals surface area contributed by atoms with Crippen molar-refractivity contribution in [1.29, 1.82) is 0 Å². The summed E-state index contributed by atoms with van der Waals surface area (Å²) < 4.78 is 0. The molecule has 5 heteroatoms. The number of nitrogens with zero attached hydrogens (tertiary/aromatic N) is 1. The fourth-order valence-corrected chi connectivity index (χ4v) is 3.35. The first kappa shape index (κ1) is 13.7. The monoisotopic (exact) mass is 270 g/mol. The molecule has 0 aromatic heterocycles. The van der Waals surface area contributed by atoms with Crippen LogP contribution >= 0.6 is 12.6 Å². The van der Waals surface area contributed by atoms with E-state index in [0.717, 1.165) is 44.3 Å². The lowest BCUT2D eigenvalue weighted by atomic mass is 9.97. The van der Waals surface area contributed by atoms with Gasteiger partial charge in [0.15, 0.2) is 0 Å². The molecular formula is C13H22N2O2S. The molecule has 1 aliphatic carbocycles. The third-order valence-electron chi connectivity index (χ3n) is 4.17. The molecule has 102 valence electrons. The van der Waals surface area contributed by atoms with Gasteiger partial charge in [-0.1, -0.05) is 19.8 Å². The number of imide groups is 1. The Morgan fingerprint density at radius 2 is 2.00 bits per heavy atom. The van der Waals surface area contributed by atoms with Crippen LogP contribution in [-0.4, -0.2) is 34.7 Å². The van der Waals surface area contributed by atoms with Gasteiger partial charge in [0.2, 0.25) is 0 Å². The maximum absolute atomic E-state index is 12.3. The second kappa shape index (κ2) is 5.51. The van der Waals surface area contributed by atoms with Crippen molar-refractivity contribution in [1.82, 2.24) is 10.2 Å². The zero-order valence-electron chi connectivity index (χ0n) is 10.9. The summed E-state index contributed by atoms with van der Waals surface area (Å²) in [6.45, 7) is 2.68. The fourth-order valence-electron chi connectivity index (χ4n) is 2.91. The van der Waals surface area contributed by atoms with Gasteiger partial charge in [0.1, 0.15) is 5.54 Å². The number of urea groups is 1. The largest absolute Gasteiger partial charge is 0.325 e. The lowest BCUT2D eigenvalue weighted by Crippen LogP contribution is -2.44. The van der Waals surface area contributed by atoms with Gasteiger partial charge >= 0.3 is 6.03 Å². The molecule has 3 amide bonds. The van der Waals surface area contributed by atoms with Crippen molar-refractivity contribution >= 4 is 24.6 Å². The van der Waals surface area contributed by atoms with Crippen LogP contribution < -0.4 is 5.32 Å². The van der Waals surface area contributed by atoms with Crippen molar-refractivity contribution in [2.24, 2.45) is 5.92 Å². The number of carbonyl (C=O) groups excluding carboxylic acids is 2. The molecule has 0 bridgehead atoms. The highest BCUT2D eigenvalue weighted by Gasteiger charge is 2.52. The summed E-state index contributed by atoms with van der Waals surface area (Å²) >= 11 is 4.20. The molecule has 2 fully saturated rings. The Bertz CT molecular complexity index is 340. The zero-order valence-corrected chi connectivity index (χ0v) is 11.8. The molecule has 1 aliphatic heterocycles. The maximum atomic E-state index is 12.3. The zero-order chi connectivity index (χ0) is 13.2. The molecule has 1 N–H and O–H groups in total. The summed E-state index contributed by atoms with van der Waals surface area (Å²) in [4.78, 5) is 25.7. The van der Waals surface area contributed by atoms with E-state index in [4.69, 9.17) is 0 Å². The van der Waals surface area contributed by atoms with Gasteiger partial charge in [0, 0.05) is 6.54 Å².